The number of hydrogen-bond donors (Lipinski definition) is 2. The van der Waals surface area contributed by atoms with Gasteiger partial charge >= 0.3 is 12.2 Å². The van der Waals surface area contributed by atoms with Crippen LogP contribution in [0.25, 0.3) is 11.3 Å². The number of phenolic OH excluding ortho intramolecular Hbond substituents is 1. The van der Waals surface area contributed by atoms with E-state index in [9.17, 15) is 19.8 Å². The maximum absolute atomic E-state index is 13.1. The number of aromatic nitrogens is 2. The monoisotopic (exact) mass is 487 g/mol. The predicted octanol–water partition coefficient (Wildman–Crippen LogP) is 5.93. The largest absolute Gasteiger partial charge is 0.508 e. The average Bonchev–Trinajstić information content (AvgIpc) is 3.08. The van der Waals surface area contributed by atoms with Gasteiger partial charge < -0.3 is 14.9 Å². The number of aryl methyl sites for hydroxylation is 1. The Hall–Kier alpha value is -3.33. The van der Waals surface area contributed by atoms with Crippen LogP contribution in [0.1, 0.15) is 26.3 Å². The van der Waals surface area contributed by atoms with Gasteiger partial charge in [0.2, 0.25) is 0 Å². The summed E-state index contributed by atoms with van der Waals surface area (Å²) in [6.07, 6.45) is -2.02. The molecule has 2 aromatic carbocycles. The van der Waals surface area contributed by atoms with Crippen LogP contribution in [-0.4, -0.2) is 37.8 Å². The zero-order valence-electron chi connectivity index (χ0n) is 17.5. The van der Waals surface area contributed by atoms with Crippen LogP contribution in [0.15, 0.2) is 53.0 Å². The Kier molecular flexibility index (Phi) is 6.08. The molecule has 0 unspecified atom stereocenters. The molecule has 0 aliphatic heterocycles. The molecular formula is C22H22BrN3O5. The molecule has 0 aliphatic carbocycles. The van der Waals surface area contributed by atoms with Crippen molar-refractivity contribution in [3.63, 3.8) is 0 Å². The van der Waals surface area contributed by atoms with Crippen molar-refractivity contribution in [1.29, 1.82) is 0 Å². The molecule has 162 valence electrons. The highest BCUT2D eigenvalue weighted by molar-refractivity contribution is 9.10. The lowest BCUT2D eigenvalue weighted by molar-refractivity contribution is 0.0597. The lowest BCUT2D eigenvalue weighted by Crippen LogP contribution is -2.34. The summed E-state index contributed by atoms with van der Waals surface area (Å²) < 4.78 is 7.20. The summed E-state index contributed by atoms with van der Waals surface area (Å²) in [5.41, 5.74) is 1.10. The van der Waals surface area contributed by atoms with E-state index < -0.39 is 17.8 Å². The molecule has 0 saturated heterocycles. The van der Waals surface area contributed by atoms with Gasteiger partial charge in [-0.25, -0.2) is 14.5 Å². The van der Waals surface area contributed by atoms with Crippen molar-refractivity contribution in [3.05, 3.63) is 58.6 Å². The number of hydrogen-bond acceptors (Lipinski definition) is 5. The van der Waals surface area contributed by atoms with Gasteiger partial charge in [0.15, 0.2) is 5.82 Å². The number of aromatic hydroxyl groups is 1. The van der Waals surface area contributed by atoms with Crippen molar-refractivity contribution >= 4 is 39.6 Å². The van der Waals surface area contributed by atoms with Crippen LogP contribution in [0, 0.1) is 6.92 Å². The van der Waals surface area contributed by atoms with Gasteiger partial charge in [0.25, 0.3) is 0 Å². The zero-order valence-corrected chi connectivity index (χ0v) is 19.0. The van der Waals surface area contributed by atoms with Crippen molar-refractivity contribution in [2.75, 3.05) is 4.90 Å². The second-order valence-corrected chi connectivity index (χ2v) is 8.79. The Morgan fingerprint density at radius 1 is 1.10 bits per heavy atom. The highest BCUT2D eigenvalue weighted by atomic mass is 79.9. The van der Waals surface area contributed by atoms with E-state index in [1.807, 2.05) is 0 Å². The molecule has 3 rings (SSSR count). The summed E-state index contributed by atoms with van der Waals surface area (Å²) >= 11 is 3.36. The van der Waals surface area contributed by atoms with Crippen LogP contribution in [0.2, 0.25) is 0 Å². The number of carbonyl (C=O) groups excluding carboxylic acids is 1. The topological polar surface area (TPSA) is 105 Å². The van der Waals surface area contributed by atoms with Crippen LogP contribution in [0.4, 0.5) is 21.1 Å². The minimum Gasteiger partial charge on any atom is -0.508 e. The number of anilines is 2. The fraction of sp³-hybridized carbons (Fsp3) is 0.227. The van der Waals surface area contributed by atoms with Crippen LogP contribution in [-0.2, 0) is 4.74 Å². The molecule has 2 N–H and O–H groups in total. The number of rotatable bonds is 3. The van der Waals surface area contributed by atoms with E-state index in [0.29, 0.717) is 22.5 Å². The number of phenols is 1. The van der Waals surface area contributed by atoms with E-state index in [-0.39, 0.29) is 11.6 Å². The quantitative estimate of drug-likeness (QED) is 0.474. The lowest BCUT2D eigenvalue weighted by atomic mass is 10.1. The predicted molar refractivity (Wildman–Crippen MR) is 120 cm³/mol. The maximum atomic E-state index is 13.1. The molecule has 0 bridgehead atoms. The van der Waals surface area contributed by atoms with Crippen LogP contribution in [0.5, 0.6) is 5.75 Å². The van der Waals surface area contributed by atoms with Crippen molar-refractivity contribution in [2.24, 2.45) is 0 Å². The van der Waals surface area contributed by atoms with E-state index in [1.165, 1.54) is 23.1 Å². The second-order valence-electron chi connectivity index (χ2n) is 7.88. The van der Waals surface area contributed by atoms with Crippen molar-refractivity contribution in [2.45, 2.75) is 33.3 Å². The van der Waals surface area contributed by atoms with Crippen molar-refractivity contribution in [3.8, 4) is 17.0 Å². The molecular weight excluding hydrogens is 466 g/mol. The smallest absolute Gasteiger partial charge is 0.432 e. The summed E-state index contributed by atoms with van der Waals surface area (Å²) in [5.74, 6) is 0.111. The van der Waals surface area contributed by atoms with Crippen molar-refractivity contribution < 1.29 is 24.5 Å². The molecule has 3 aromatic rings. The van der Waals surface area contributed by atoms with Gasteiger partial charge in [-0.15, -0.1) is 5.10 Å². The summed E-state index contributed by atoms with van der Waals surface area (Å²) in [6, 6.07) is 13.0. The number of carbonyl (C=O) groups is 2. The first kappa shape index (κ1) is 22.4. The van der Waals surface area contributed by atoms with Gasteiger partial charge in [-0.3, -0.25) is 0 Å². The van der Waals surface area contributed by atoms with E-state index in [1.54, 1.807) is 58.0 Å². The Bertz CT molecular complexity index is 1130. The fourth-order valence-electron chi connectivity index (χ4n) is 2.96. The Morgan fingerprint density at radius 2 is 1.74 bits per heavy atom. The first-order valence-corrected chi connectivity index (χ1v) is 10.2. The van der Waals surface area contributed by atoms with E-state index in [0.717, 1.165) is 9.15 Å². The third-order valence-electron chi connectivity index (χ3n) is 4.24. The van der Waals surface area contributed by atoms with Crippen molar-refractivity contribution in [1.82, 2.24) is 9.78 Å². The second kappa shape index (κ2) is 8.43. The van der Waals surface area contributed by atoms with Crippen LogP contribution < -0.4 is 4.90 Å². The molecule has 0 fully saturated rings. The summed E-state index contributed by atoms with van der Waals surface area (Å²) in [6.45, 7) is 6.91. The summed E-state index contributed by atoms with van der Waals surface area (Å²) in [7, 11) is 0. The number of ether oxygens (including phenoxy) is 1. The minimum atomic E-state index is -1.30. The summed E-state index contributed by atoms with van der Waals surface area (Å²) in [4.78, 5) is 26.2. The molecule has 0 radical (unpaired) electrons. The first-order valence-electron chi connectivity index (χ1n) is 9.38. The van der Waals surface area contributed by atoms with Gasteiger partial charge in [0.05, 0.1) is 11.4 Å². The van der Waals surface area contributed by atoms with Gasteiger partial charge in [0.1, 0.15) is 11.4 Å². The van der Waals surface area contributed by atoms with E-state index >= 15 is 0 Å². The molecule has 31 heavy (non-hydrogen) atoms. The average molecular weight is 488 g/mol. The van der Waals surface area contributed by atoms with Gasteiger partial charge in [-0.2, -0.15) is 4.68 Å². The zero-order chi connectivity index (χ0) is 22.9. The molecule has 0 saturated carbocycles. The molecule has 8 nitrogen and oxygen atoms in total. The summed E-state index contributed by atoms with van der Waals surface area (Å²) in [5, 5.41) is 23.6. The SMILES string of the molecule is Cc1cc(O)ccc1N(C(=O)OC(C)(C)C)c1cc(-c2ccc(Br)cc2)n(C(=O)O)n1. The molecule has 0 aliphatic rings. The Balaban J connectivity index is 2.19. The fourth-order valence-corrected chi connectivity index (χ4v) is 3.23. The third kappa shape index (κ3) is 5.05. The third-order valence-corrected chi connectivity index (χ3v) is 4.77. The van der Waals surface area contributed by atoms with E-state index in [2.05, 4.69) is 21.0 Å². The number of nitrogens with zero attached hydrogens (tertiary/aromatic N) is 3. The lowest BCUT2D eigenvalue weighted by Gasteiger charge is -2.27. The standard InChI is InChI=1S/C22H22BrN3O5/c1-13-11-16(27)9-10-17(13)25(21(30)31-22(2,3)4)19-12-18(26(24-19)20(28)29)14-5-7-15(23)8-6-14/h5-12,27H,1-4H3,(H,28,29). The Morgan fingerprint density at radius 3 is 2.29 bits per heavy atom. The molecule has 9 heteroatoms. The molecule has 0 atom stereocenters. The normalized spacial score (nSPS) is 11.3. The number of carboxylic acid groups (broad SMARTS) is 1. The highest BCUT2D eigenvalue weighted by Gasteiger charge is 2.29. The number of halogens is 1. The van der Waals surface area contributed by atoms with Gasteiger partial charge in [0, 0.05) is 16.1 Å². The maximum Gasteiger partial charge on any atom is 0.432 e. The highest BCUT2D eigenvalue weighted by Crippen LogP contribution is 2.34. The molecule has 0 spiro atoms. The molecule has 1 heterocycles. The minimum absolute atomic E-state index is 0.0389. The Labute approximate surface area is 187 Å². The molecule has 1 amide bonds. The molecule has 1 aromatic heterocycles. The number of amides is 1. The van der Waals surface area contributed by atoms with Crippen LogP contribution in [0.3, 0.4) is 0 Å². The van der Waals surface area contributed by atoms with Gasteiger partial charge in [-0.1, -0.05) is 28.1 Å². The van der Waals surface area contributed by atoms with Crippen LogP contribution >= 0.6 is 15.9 Å². The first-order chi connectivity index (χ1) is 14.5. The number of benzene rings is 2. The van der Waals surface area contributed by atoms with E-state index in [4.69, 9.17) is 4.74 Å². The van der Waals surface area contributed by atoms with Gasteiger partial charge in [-0.05, 0) is 63.6 Å².